The van der Waals surface area contributed by atoms with Crippen LogP contribution < -0.4 is 4.74 Å². The highest BCUT2D eigenvalue weighted by atomic mass is 32.1. The Kier molecular flexibility index (Phi) is 6.34. The van der Waals surface area contributed by atoms with Gasteiger partial charge in [0.2, 0.25) is 0 Å². The summed E-state index contributed by atoms with van der Waals surface area (Å²) in [5, 5.41) is 3.13. The predicted molar refractivity (Wildman–Crippen MR) is 139 cm³/mol. The molecule has 6 nitrogen and oxygen atoms in total. The van der Waals surface area contributed by atoms with Crippen molar-refractivity contribution in [3.8, 4) is 5.75 Å². The Labute approximate surface area is 209 Å². The Morgan fingerprint density at radius 3 is 2.63 bits per heavy atom. The Bertz CT molecular complexity index is 1390. The molecule has 1 aliphatic heterocycles. The summed E-state index contributed by atoms with van der Waals surface area (Å²) in [4.78, 5) is 31.8. The smallest absolute Gasteiger partial charge is 0.270 e. The SMILES string of the molecule is COc1cccc(Cn2c(C(=O)N3CCN(C(=O)c4ccccc4C)C(C)C3)cc3ccsc32)c1. The number of hydrogen-bond donors (Lipinski definition) is 0. The zero-order valence-corrected chi connectivity index (χ0v) is 21.0. The van der Waals surface area contributed by atoms with Gasteiger partial charge >= 0.3 is 0 Å². The van der Waals surface area contributed by atoms with E-state index in [1.165, 1.54) is 0 Å². The number of ether oxygens (including phenoxy) is 1. The standard InChI is InChI=1S/C28H29N3O3S/c1-19-7-4-5-10-24(19)26(32)30-13-12-29(17-20(30)2)27(33)25-16-22-11-14-35-28(22)31(25)18-21-8-6-9-23(15-21)34-3/h4-11,14-16,20H,12-13,17-18H2,1-3H3. The maximum atomic E-state index is 13.7. The second-order valence-corrected chi connectivity index (χ2v) is 9.96. The maximum Gasteiger partial charge on any atom is 0.270 e. The van der Waals surface area contributed by atoms with E-state index in [-0.39, 0.29) is 17.9 Å². The number of nitrogens with zero attached hydrogens (tertiary/aromatic N) is 3. The molecule has 3 heterocycles. The van der Waals surface area contributed by atoms with Gasteiger partial charge in [0, 0.05) is 43.2 Å². The Morgan fingerprint density at radius 2 is 1.86 bits per heavy atom. The average molecular weight is 488 g/mol. The van der Waals surface area contributed by atoms with Gasteiger partial charge in [-0.2, -0.15) is 0 Å². The number of methoxy groups -OCH3 is 1. The number of aromatic nitrogens is 1. The zero-order chi connectivity index (χ0) is 24.5. The van der Waals surface area contributed by atoms with E-state index in [1.54, 1.807) is 18.4 Å². The van der Waals surface area contributed by atoms with Crippen LogP contribution in [0.25, 0.3) is 10.2 Å². The van der Waals surface area contributed by atoms with Crippen molar-refractivity contribution in [2.75, 3.05) is 26.7 Å². The topological polar surface area (TPSA) is 54.8 Å². The van der Waals surface area contributed by atoms with Crippen molar-refractivity contribution in [2.45, 2.75) is 26.4 Å². The third-order valence-electron chi connectivity index (χ3n) is 6.75. The van der Waals surface area contributed by atoms with Crippen LogP contribution in [0.1, 0.15) is 38.9 Å². The van der Waals surface area contributed by atoms with E-state index in [1.807, 2.05) is 78.2 Å². The molecule has 180 valence electrons. The minimum absolute atomic E-state index is 0.00568. The van der Waals surface area contributed by atoms with Crippen LogP contribution in [0.4, 0.5) is 0 Å². The van der Waals surface area contributed by atoms with Crippen molar-refractivity contribution < 1.29 is 14.3 Å². The Balaban J connectivity index is 1.37. The van der Waals surface area contributed by atoms with Gasteiger partial charge in [0.15, 0.2) is 0 Å². The number of aryl methyl sites for hydroxylation is 1. The summed E-state index contributed by atoms with van der Waals surface area (Å²) in [6, 6.07) is 19.6. The fourth-order valence-electron chi connectivity index (χ4n) is 4.84. The molecule has 0 spiro atoms. The molecule has 4 aromatic rings. The van der Waals surface area contributed by atoms with Crippen molar-refractivity contribution in [3.05, 3.63) is 88.4 Å². The van der Waals surface area contributed by atoms with Crippen LogP contribution in [0.5, 0.6) is 5.75 Å². The number of carbonyl (C=O) groups excluding carboxylic acids is 2. The lowest BCUT2D eigenvalue weighted by atomic mass is 10.1. The van der Waals surface area contributed by atoms with Gasteiger partial charge in [0.25, 0.3) is 11.8 Å². The molecule has 1 aliphatic rings. The summed E-state index contributed by atoms with van der Waals surface area (Å²) in [6.45, 7) is 6.10. The molecule has 0 saturated carbocycles. The van der Waals surface area contributed by atoms with Crippen molar-refractivity contribution in [1.29, 1.82) is 0 Å². The number of carbonyl (C=O) groups is 2. The van der Waals surface area contributed by atoms with Crippen LogP contribution >= 0.6 is 11.3 Å². The number of hydrogen-bond acceptors (Lipinski definition) is 4. The number of rotatable bonds is 5. The predicted octanol–water partition coefficient (Wildman–Crippen LogP) is 5.05. The Hall–Kier alpha value is -3.58. The first kappa shape index (κ1) is 23.2. The highest BCUT2D eigenvalue weighted by molar-refractivity contribution is 7.16. The number of amides is 2. The molecule has 1 saturated heterocycles. The van der Waals surface area contributed by atoms with Gasteiger partial charge in [-0.15, -0.1) is 11.3 Å². The Morgan fingerprint density at radius 1 is 1.03 bits per heavy atom. The number of piperazine rings is 1. The van der Waals surface area contributed by atoms with Gasteiger partial charge in [-0.1, -0.05) is 30.3 Å². The van der Waals surface area contributed by atoms with E-state index >= 15 is 0 Å². The van der Waals surface area contributed by atoms with Gasteiger partial charge < -0.3 is 19.1 Å². The summed E-state index contributed by atoms with van der Waals surface area (Å²) in [5.41, 5.74) is 3.46. The number of thiophene rings is 1. The average Bonchev–Trinajstić information content (AvgIpc) is 3.46. The molecule has 0 aliphatic carbocycles. The largest absolute Gasteiger partial charge is 0.497 e. The third kappa shape index (κ3) is 4.44. The van der Waals surface area contributed by atoms with E-state index in [0.29, 0.717) is 31.9 Å². The molecule has 2 aromatic carbocycles. The van der Waals surface area contributed by atoms with E-state index < -0.39 is 0 Å². The van der Waals surface area contributed by atoms with Crippen LogP contribution in [0.3, 0.4) is 0 Å². The van der Waals surface area contributed by atoms with Gasteiger partial charge in [-0.25, -0.2) is 0 Å². The van der Waals surface area contributed by atoms with Gasteiger partial charge in [0.05, 0.1) is 7.11 Å². The monoisotopic (exact) mass is 487 g/mol. The van der Waals surface area contributed by atoms with Crippen molar-refractivity contribution in [1.82, 2.24) is 14.4 Å². The van der Waals surface area contributed by atoms with Crippen LogP contribution in [-0.2, 0) is 6.54 Å². The van der Waals surface area contributed by atoms with Crippen molar-refractivity contribution in [3.63, 3.8) is 0 Å². The molecule has 1 unspecified atom stereocenters. The van der Waals surface area contributed by atoms with Crippen LogP contribution in [0, 0.1) is 6.92 Å². The van der Waals surface area contributed by atoms with E-state index in [4.69, 9.17) is 4.74 Å². The highest BCUT2D eigenvalue weighted by Crippen LogP contribution is 2.28. The lowest BCUT2D eigenvalue weighted by Gasteiger charge is -2.40. The summed E-state index contributed by atoms with van der Waals surface area (Å²) in [6.07, 6.45) is 0. The van der Waals surface area contributed by atoms with Crippen LogP contribution in [-0.4, -0.2) is 59.0 Å². The second kappa shape index (κ2) is 9.58. The van der Waals surface area contributed by atoms with Crippen molar-refractivity contribution >= 4 is 33.4 Å². The molecule has 35 heavy (non-hydrogen) atoms. The van der Waals surface area contributed by atoms with Crippen LogP contribution in [0.15, 0.2) is 66.0 Å². The molecule has 1 atom stereocenters. The van der Waals surface area contributed by atoms with E-state index in [2.05, 4.69) is 16.0 Å². The lowest BCUT2D eigenvalue weighted by Crippen LogP contribution is -2.55. The minimum atomic E-state index is -0.0669. The van der Waals surface area contributed by atoms with E-state index in [9.17, 15) is 9.59 Å². The summed E-state index contributed by atoms with van der Waals surface area (Å²) < 4.78 is 7.49. The first-order valence-electron chi connectivity index (χ1n) is 11.8. The zero-order valence-electron chi connectivity index (χ0n) is 20.2. The molecule has 7 heteroatoms. The molecule has 2 amide bonds. The van der Waals surface area contributed by atoms with Crippen molar-refractivity contribution in [2.24, 2.45) is 0 Å². The fraction of sp³-hybridized carbons (Fsp3) is 0.286. The quantitative estimate of drug-likeness (QED) is 0.396. The van der Waals surface area contributed by atoms with Gasteiger partial charge in [0.1, 0.15) is 16.3 Å². The van der Waals surface area contributed by atoms with Gasteiger partial charge in [-0.05, 0) is 60.7 Å². The third-order valence-corrected chi connectivity index (χ3v) is 7.70. The normalized spacial score (nSPS) is 16.0. The first-order chi connectivity index (χ1) is 17.0. The number of fused-ring (bicyclic) bond motifs is 1. The minimum Gasteiger partial charge on any atom is -0.497 e. The van der Waals surface area contributed by atoms with Crippen LogP contribution in [0.2, 0.25) is 0 Å². The molecule has 1 fully saturated rings. The van der Waals surface area contributed by atoms with E-state index in [0.717, 1.165) is 32.7 Å². The molecule has 0 bridgehead atoms. The second-order valence-electron chi connectivity index (χ2n) is 9.06. The first-order valence-corrected chi connectivity index (χ1v) is 12.7. The molecule has 0 N–H and O–H groups in total. The molecule has 0 radical (unpaired) electrons. The fourth-order valence-corrected chi connectivity index (χ4v) is 5.73. The molecular weight excluding hydrogens is 458 g/mol. The maximum absolute atomic E-state index is 13.7. The number of benzene rings is 2. The van der Waals surface area contributed by atoms with Gasteiger partial charge in [-0.3, -0.25) is 9.59 Å². The summed E-state index contributed by atoms with van der Waals surface area (Å²) in [7, 11) is 1.66. The summed E-state index contributed by atoms with van der Waals surface area (Å²) >= 11 is 1.64. The molecule has 5 rings (SSSR count). The highest BCUT2D eigenvalue weighted by Gasteiger charge is 2.32. The molecule has 2 aromatic heterocycles. The lowest BCUT2D eigenvalue weighted by molar-refractivity contribution is 0.0409. The summed E-state index contributed by atoms with van der Waals surface area (Å²) in [5.74, 6) is 0.837. The molecular formula is C28H29N3O3S.